The van der Waals surface area contributed by atoms with Gasteiger partial charge in [0.2, 0.25) is 0 Å². The van der Waals surface area contributed by atoms with Crippen molar-refractivity contribution in [2.24, 2.45) is 0 Å². The number of carboxylic acid groups (broad SMARTS) is 1. The Labute approximate surface area is 232 Å². The molecule has 0 aliphatic heterocycles. The number of pyridine rings is 1. The first-order valence-corrected chi connectivity index (χ1v) is 13.2. The fourth-order valence-corrected chi connectivity index (χ4v) is 4.56. The summed E-state index contributed by atoms with van der Waals surface area (Å²) in [6.45, 7) is 0.0954. The van der Waals surface area contributed by atoms with Crippen LogP contribution < -0.4 is 16.0 Å². The maximum absolute atomic E-state index is 13.1. The molecule has 1 heterocycles. The van der Waals surface area contributed by atoms with Gasteiger partial charge in [-0.2, -0.15) is 0 Å². The molecular formula is C31H34N4O5. The highest BCUT2D eigenvalue weighted by molar-refractivity contribution is 5.95. The molecule has 4 rings (SSSR count). The van der Waals surface area contributed by atoms with E-state index in [1.54, 1.807) is 6.07 Å². The second-order valence-corrected chi connectivity index (χ2v) is 9.70. The van der Waals surface area contributed by atoms with Crippen molar-refractivity contribution < 1.29 is 24.9 Å². The molecular weight excluding hydrogens is 508 g/mol. The second kappa shape index (κ2) is 14.2. The first-order valence-electron chi connectivity index (χ1n) is 13.2. The predicted octanol–water partition coefficient (Wildman–Crippen LogP) is 2.77. The number of hydrogen-bond acceptors (Lipinski definition) is 6. The van der Waals surface area contributed by atoms with Crippen molar-refractivity contribution in [3.05, 3.63) is 114 Å². The number of benzene rings is 3. The Balaban J connectivity index is 1.40. The third kappa shape index (κ3) is 8.34. The summed E-state index contributed by atoms with van der Waals surface area (Å²) in [6.07, 6.45) is -2.59. The number of carbonyl (C=O) groups excluding carboxylic acids is 1. The van der Waals surface area contributed by atoms with Crippen LogP contribution in [0.3, 0.4) is 0 Å². The largest absolute Gasteiger partial charge is 0.465 e. The third-order valence-electron chi connectivity index (χ3n) is 6.69. The average Bonchev–Trinajstić information content (AvgIpc) is 2.97. The molecule has 6 N–H and O–H groups in total. The molecule has 2 amide bonds. The van der Waals surface area contributed by atoms with Crippen molar-refractivity contribution in [2.45, 2.75) is 37.1 Å². The minimum absolute atomic E-state index is 0.0348. The number of nitrogens with one attached hydrogen (secondary N) is 3. The van der Waals surface area contributed by atoms with E-state index in [1.807, 2.05) is 91.0 Å². The van der Waals surface area contributed by atoms with Crippen LogP contribution in [0.1, 0.15) is 21.6 Å². The first-order chi connectivity index (χ1) is 19.4. The molecule has 0 saturated heterocycles. The van der Waals surface area contributed by atoms with Crippen LogP contribution in [-0.4, -0.2) is 69.7 Å². The fraction of sp³-hybridized carbons (Fsp3) is 0.258. The number of fused-ring (bicyclic) bond motifs is 1. The van der Waals surface area contributed by atoms with Gasteiger partial charge in [-0.05, 0) is 36.1 Å². The standard InChI is InChI=1S/C31H34N4O5/c36-28(19-32-20-29(37)27(35-31(39)40)18-22-11-5-2-6-12-22)26(17-21-9-3-1-4-10-21)34-30(38)25-16-15-23-13-7-8-14-24(23)33-25/h1-16,26-29,32,35-37H,17-20H2,(H,34,38)(H,39,40)/t26-,27-,28?,29+/m0/s1. The van der Waals surface area contributed by atoms with Crippen molar-refractivity contribution in [3.8, 4) is 0 Å². The van der Waals surface area contributed by atoms with Gasteiger partial charge in [-0.15, -0.1) is 0 Å². The van der Waals surface area contributed by atoms with E-state index in [4.69, 9.17) is 0 Å². The summed E-state index contributed by atoms with van der Waals surface area (Å²) in [7, 11) is 0. The van der Waals surface area contributed by atoms with Gasteiger partial charge >= 0.3 is 6.09 Å². The number of para-hydroxylation sites is 1. The number of rotatable bonds is 13. The van der Waals surface area contributed by atoms with Gasteiger partial charge in [0.15, 0.2) is 0 Å². The molecule has 0 fully saturated rings. The van der Waals surface area contributed by atoms with Crippen LogP contribution in [0.25, 0.3) is 10.9 Å². The summed E-state index contributed by atoms with van der Waals surface area (Å²) in [4.78, 5) is 28.9. The number of aromatic nitrogens is 1. The zero-order valence-corrected chi connectivity index (χ0v) is 22.0. The molecule has 0 radical (unpaired) electrons. The smallest absolute Gasteiger partial charge is 0.404 e. The van der Waals surface area contributed by atoms with Crippen LogP contribution in [-0.2, 0) is 12.8 Å². The maximum atomic E-state index is 13.1. The van der Waals surface area contributed by atoms with Crippen molar-refractivity contribution in [3.63, 3.8) is 0 Å². The SMILES string of the molecule is O=C(O)N[C@@H](Cc1ccccc1)[C@H](O)CNCC(O)[C@H](Cc1ccccc1)NC(=O)c1ccc2ccccc2n1. The van der Waals surface area contributed by atoms with Crippen LogP contribution in [0.5, 0.6) is 0 Å². The van der Waals surface area contributed by atoms with Gasteiger partial charge in [0.1, 0.15) is 5.69 Å². The molecule has 3 aromatic carbocycles. The van der Waals surface area contributed by atoms with Gasteiger partial charge in [-0.3, -0.25) is 4.79 Å². The van der Waals surface area contributed by atoms with Gasteiger partial charge < -0.3 is 31.3 Å². The number of hydrogen-bond donors (Lipinski definition) is 6. The monoisotopic (exact) mass is 542 g/mol. The van der Waals surface area contributed by atoms with Crippen molar-refractivity contribution in [1.82, 2.24) is 20.9 Å². The summed E-state index contributed by atoms with van der Waals surface area (Å²) >= 11 is 0. The van der Waals surface area contributed by atoms with E-state index in [1.165, 1.54) is 0 Å². The third-order valence-corrected chi connectivity index (χ3v) is 6.69. The Bertz CT molecular complexity index is 1390. The summed E-state index contributed by atoms with van der Waals surface area (Å²) in [6, 6.07) is 28.4. The minimum atomic E-state index is -1.23. The molecule has 0 aliphatic rings. The average molecular weight is 543 g/mol. The van der Waals surface area contributed by atoms with E-state index in [9.17, 15) is 24.9 Å². The van der Waals surface area contributed by atoms with Crippen LogP contribution in [0.4, 0.5) is 4.79 Å². The van der Waals surface area contributed by atoms with E-state index >= 15 is 0 Å². The van der Waals surface area contributed by atoms with E-state index in [-0.39, 0.29) is 18.8 Å². The first kappa shape index (κ1) is 28.7. The predicted molar refractivity (Wildman–Crippen MR) is 153 cm³/mol. The highest BCUT2D eigenvalue weighted by atomic mass is 16.4. The Morgan fingerprint density at radius 1 is 0.675 bits per heavy atom. The second-order valence-electron chi connectivity index (χ2n) is 9.70. The summed E-state index contributed by atoms with van der Waals surface area (Å²) in [5, 5.41) is 40.3. The Hall–Kier alpha value is -4.31. The number of carbonyl (C=O) groups is 2. The molecule has 0 aliphatic carbocycles. The fourth-order valence-electron chi connectivity index (χ4n) is 4.56. The summed E-state index contributed by atoms with van der Waals surface area (Å²) < 4.78 is 0. The molecule has 208 valence electrons. The Kier molecular flexibility index (Phi) is 10.2. The van der Waals surface area contributed by atoms with E-state index < -0.39 is 36.3 Å². The maximum Gasteiger partial charge on any atom is 0.404 e. The zero-order chi connectivity index (χ0) is 28.3. The normalized spacial score (nSPS) is 14.2. The number of aliphatic hydroxyl groups is 2. The van der Waals surface area contributed by atoms with Crippen LogP contribution in [0.15, 0.2) is 97.1 Å². The molecule has 1 aromatic heterocycles. The van der Waals surface area contributed by atoms with Gasteiger partial charge in [-0.1, -0.05) is 84.9 Å². The Morgan fingerprint density at radius 2 is 1.20 bits per heavy atom. The lowest BCUT2D eigenvalue weighted by atomic mass is 9.99. The van der Waals surface area contributed by atoms with Crippen molar-refractivity contribution in [2.75, 3.05) is 13.1 Å². The lowest BCUT2D eigenvalue weighted by Gasteiger charge is -2.27. The number of nitrogens with zero attached hydrogens (tertiary/aromatic N) is 1. The van der Waals surface area contributed by atoms with E-state index in [0.29, 0.717) is 18.4 Å². The molecule has 0 spiro atoms. The lowest BCUT2D eigenvalue weighted by molar-refractivity contribution is 0.0797. The Morgan fingerprint density at radius 3 is 1.77 bits per heavy atom. The van der Waals surface area contributed by atoms with Crippen LogP contribution >= 0.6 is 0 Å². The van der Waals surface area contributed by atoms with E-state index in [0.717, 1.165) is 16.5 Å². The highest BCUT2D eigenvalue weighted by Crippen LogP contribution is 2.13. The highest BCUT2D eigenvalue weighted by Gasteiger charge is 2.25. The number of amides is 2. The minimum Gasteiger partial charge on any atom is -0.465 e. The van der Waals surface area contributed by atoms with Crippen LogP contribution in [0, 0.1) is 0 Å². The number of aliphatic hydroxyl groups excluding tert-OH is 2. The molecule has 40 heavy (non-hydrogen) atoms. The summed E-state index contributed by atoms with van der Waals surface area (Å²) in [5.41, 5.74) is 2.77. The molecule has 4 atom stereocenters. The van der Waals surface area contributed by atoms with Crippen molar-refractivity contribution >= 4 is 22.9 Å². The molecule has 0 saturated carbocycles. The molecule has 9 nitrogen and oxygen atoms in total. The molecule has 0 bridgehead atoms. The summed E-state index contributed by atoms with van der Waals surface area (Å²) in [5.74, 6) is -0.403. The molecule has 9 heteroatoms. The van der Waals surface area contributed by atoms with Gasteiger partial charge in [0, 0.05) is 18.5 Å². The van der Waals surface area contributed by atoms with Gasteiger partial charge in [0.25, 0.3) is 5.91 Å². The van der Waals surface area contributed by atoms with Crippen molar-refractivity contribution in [1.29, 1.82) is 0 Å². The quantitative estimate of drug-likeness (QED) is 0.152. The molecule has 1 unspecified atom stereocenters. The van der Waals surface area contributed by atoms with Gasteiger partial charge in [0.05, 0.1) is 29.8 Å². The molecule has 4 aromatic rings. The zero-order valence-electron chi connectivity index (χ0n) is 22.0. The van der Waals surface area contributed by atoms with Gasteiger partial charge in [-0.25, -0.2) is 9.78 Å². The van der Waals surface area contributed by atoms with E-state index in [2.05, 4.69) is 20.9 Å². The topological polar surface area (TPSA) is 144 Å². The lowest BCUT2D eigenvalue weighted by Crippen LogP contribution is -2.52. The van der Waals surface area contributed by atoms with Crippen LogP contribution in [0.2, 0.25) is 0 Å².